The molecule has 2 aliphatic carbocycles. The van der Waals surface area contributed by atoms with Crippen LogP contribution in [0.2, 0.25) is 0 Å². The largest absolute Gasteiger partial charge is 0.396 e. The Bertz CT molecular complexity index is 2860. The van der Waals surface area contributed by atoms with Crippen molar-refractivity contribution in [3.05, 3.63) is 53.3 Å². The van der Waals surface area contributed by atoms with Gasteiger partial charge in [0.1, 0.15) is 15.6 Å². The van der Waals surface area contributed by atoms with E-state index in [1.807, 2.05) is 0 Å². The van der Waals surface area contributed by atoms with Crippen molar-refractivity contribution in [2.24, 2.45) is 23.7 Å². The highest BCUT2D eigenvalue weighted by Crippen LogP contribution is 2.38. The van der Waals surface area contributed by atoms with Gasteiger partial charge in [-0.25, -0.2) is 0 Å². The average Bonchev–Trinajstić information content (AvgIpc) is 3.99. The van der Waals surface area contributed by atoms with Crippen LogP contribution in [-0.2, 0) is 40.5 Å². The molecule has 0 aliphatic heterocycles. The summed E-state index contributed by atoms with van der Waals surface area (Å²) in [4.78, 5) is 26.7. The van der Waals surface area contributed by atoms with Crippen molar-refractivity contribution in [3.8, 4) is 0 Å². The Morgan fingerprint density at radius 1 is 0.581 bits per heavy atom. The molecule has 27 nitrogen and oxygen atoms in total. The molecule has 5 unspecified atom stereocenters. The SMILES string of the molecule is O=S(=O)(O)CCNc1nc(Nc2ccc(C=Cc3ccc(Nc4nc(NCCS(=O)(=O)O)nc(N(CCO)CC5CCC(CO)C5)n4)cc3S(=O)(=O)O)c(S(=O)(=O)O)c2)nc(C(CCO)CC2CCC(CO)C2)n1. The molecule has 12 N–H and O–H groups in total. The summed E-state index contributed by atoms with van der Waals surface area (Å²) in [7, 11) is -18.8. The summed E-state index contributed by atoms with van der Waals surface area (Å²) in [5.74, 6) is -1.63. The second-order valence-electron chi connectivity index (χ2n) is 18.2. The Hall–Kier alpha value is -5.32. The van der Waals surface area contributed by atoms with Crippen LogP contribution in [0, 0.1) is 23.7 Å². The minimum atomic E-state index is -5.02. The fraction of sp³-hybridized carbons (Fsp3) is 0.535. The number of anilines is 7. The lowest BCUT2D eigenvalue weighted by Crippen LogP contribution is -2.33. The van der Waals surface area contributed by atoms with Crippen molar-refractivity contribution >= 4 is 93.7 Å². The Labute approximate surface area is 428 Å². The first-order valence-corrected chi connectivity index (χ1v) is 29.5. The van der Waals surface area contributed by atoms with Crippen LogP contribution in [-0.4, -0.2) is 166 Å². The molecule has 2 saturated carbocycles. The summed E-state index contributed by atoms with van der Waals surface area (Å²) in [6.07, 6.45) is 7.82. The zero-order chi connectivity index (χ0) is 53.8. The van der Waals surface area contributed by atoms with Crippen molar-refractivity contribution in [2.45, 2.75) is 67.1 Å². The molecule has 0 saturated heterocycles. The highest BCUT2D eigenvalue weighted by atomic mass is 32.2. The summed E-state index contributed by atoms with van der Waals surface area (Å²) in [5.41, 5.74) is -0.257. The van der Waals surface area contributed by atoms with Gasteiger partial charge < -0.3 is 46.6 Å². The zero-order valence-electron chi connectivity index (χ0n) is 39.8. The molecule has 4 aromatic rings. The molecule has 2 aromatic carbocycles. The zero-order valence-corrected chi connectivity index (χ0v) is 43.1. The number of hydrogen-bond donors (Lipinski definition) is 12. The van der Waals surface area contributed by atoms with E-state index >= 15 is 0 Å². The summed E-state index contributed by atoms with van der Waals surface area (Å²) in [5, 5.41) is 50.4. The molecule has 2 heterocycles. The summed E-state index contributed by atoms with van der Waals surface area (Å²) < 4.78 is 136. The Morgan fingerprint density at radius 2 is 1.04 bits per heavy atom. The van der Waals surface area contributed by atoms with Crippen LogP contribution in [0.3, 0.4) is 0 Å². The number of benzene rings is 2. The smallest absolute Gasteiger partial charge is 0.295 e. The molecule has 5 atom stereocenters. The number of rotatable bonds is 28. The third kappa shape index (κ3) is 17.6. The molecule has 2 aromatic heterocycles. The van der Waals surface area contributed by atoms with Gasteiger partial charge in [-0.3, -0.25) is 18.2 Å². The maximum absolute atomic E-state index is 12.8. The molecule has 2 fully saturated rings. The predicted molar refractivity (Wildman–Crippen MR) is 272 cm³/mol. The lowest BCUT2D eigenvalue weighted by atomic mass is 9.90. The Morgan fingerprint density at radius 3 is 1.51 bits per heavy atom. The van der Waals surface area contributed by atoms with Gasteiger partial charge in [-0.15, -0.1) is 0 Å². The molecular weight excluding hydrogens is 1050 g/mol. The number of nitrogens with one attached hydrogen (secondary N) is 4. The van der Waals surface area contributed by atoms with Crippen LogP contribution < -0.4 is 26.2 Å². The second-order valence-corrected chi connectivity index (χ2v) is 24.1. The van der Waals surface area contributed by atoms with Gasteiger partial charge in [-0.05, 0) is 104 Å². The van der Waals surface area contributed by atoms with Gasteiger partial charge in [0, 0.05) is 63.3 Å². The molecule has 408 valence electrons. The highest BCUT2D eigenvalue weighted by Gasteiger charge is 2.30. The van der Waals surface area contributed by atoms with E-state index < -0.39 is 67.7 Å². The number of hydrogen-bond acceptors (Lipinski definition) is 23. The van der Waals surface area contributed by atoms with Crippen LogP contribution in [0.15, 0.2) is 46.2 Å². The van der Waals surface area contributed by atoms with Crippen LogP contribution in [0.1, 0.15) is 74.2 Å². The van der Waals surface area contributed by atoms with E-state index in [-0.39, 0.29) is 134 Å². The van der Waals surface area contributed by atoms with Gasteiger partial charge in [0.15, 0.2) is 0 Å². The molecule has 0 bridgehead atoms. The maximum atomic E-state index is 12.8. The molecule has 74 heavy (non-hydrogen) atoms. The van der Waals surface area contributed by atoms with Crippen molar-refractivity contribution in [2.75, 3.05) is 90.3 Å². The molecule has 31 heteroatoms. The predicted octanol–water partition coefficient (Wildman–Crippen LogP) is 2.28. The fourth-order valence-electron chi connectivity index (χ4n) is 9.00. The first-order chi connectivity index (χ1) is 34.9. The van der Waals surface area contributed by atoms with Crippen molar-refractivity contribution in [3.63, 3.8) is 0 Å². The topological polar surface area (TPSA) is 427 Å². The van der Waals surface area contributed by atoms with E-state index in [2.05, 4.69) is 51.2 Å². The summed E-state index contributed by atoms with van der Waals surface area (Å²) in [6, 6.07) is 7.35. The lowest BCUT2D eigenvalue weighted by Gasteiger charge is -2.26. The van der Waals surface area contributed by atoms with E-state index in [0.29, 0.717) is 19.4 Å². The molecule has 0 amide bonds. The van der Waals surface area contributed by atoms with Gasteiger partial charge >= 0.3 is 0 Å². The molecular formula is C43H61N11O16S4. The highest BCUT2D eigenvalue weighted by molar-refractivity contribution is 7.86. The monoisotopic (exact) mass is 1120 g/mol. The molecule has 0 spiro atoms. The number of aliphatic hydroxyl groups excluding tert-OH is 4. The van der Waals surface area contributed by atoms with Gasteiger partial charge in [0.25, 0.3) is 40.5 Å². The number of aliphatic hydroxyl groups is 4. The Kier molecular flexibility index (Phi) is 20.0. The maximum Gasteiger partial charge on any atom is 0.295 e. The van der Waals surface area contributed by atoms with Crippen LogP contribution in [0.25, 0.3) is 12.2 Å². The van der Waals surface area contributed by atoms with E-state index in [0.717, 1.165) is 56.4 Å². The minimum absolute atomic E-state index is 0.00924. The van der Waals surface area contributed by atoms with Gasteiger partial charge in [0.05, 0.1) is 18.1 Å². The minimum Gasteiger partial charge on any atom is -0.396 e. The summed E-state index contributed by atoms with van der Waals surface area (Å²) >= 11 is 0. The normalized spacial score (nSPS) is 18.9. The number of nitrogens with zero attached hydrogens (tertiary/aromatic N) is 7. The standard InChI is InChI=1S/C43H61N11O16S4/c55-15-11-33(21-27-1-3-29(19-27)25-57)38-48-39(44-12-17-71(59,60)61)50-41(49-38)46-34-9-7-31(36(22-34)73(65,66)67)5-6-32-8-10-35(23-37(32)74(68,69)70)47-42-51-40(45-13-18-72(62,63)64)52-43(53-42)54(14-16-56)24-28-2-4-30(20-28)26-58/h5-10,22-23,27-30,33,55-58H,1-4,11-21,24-26H2,(H,59,60,61)(H,62,63,64)(H,65,66,67)(H,68,69,70)(H2,44,46,48,49,50)(H2,45,47,51,52,53). The summed E-state index contributed by atoms with van der Waals surface area (Å²) in [6.45, 7) is -0.638. The second kappa shape index (κ2) is 25.5. The van der Waals surface area contributed by atoms with Crippen molar-refractivity contribution < 1.29 is 72.3 Å². The first-order valence-electron chi connectivity index (χ1n) is 23.5. The van der Waals surface area contributed by atoms with Gasteiger partial charge in [0.2, 0.25) is 29.7 Å². The van der Waals surface area contributed by atoms with Gasteiger partial charge in [-0.1, -0.05) is 30.7 Å². The first kappa shape index (κ1) is 57.9. The molecule has 0 radical (unpaired) electrons. The van der Waals surface area contributed by atoms with Crippen LogP contribution >= 0.6 is 0 Å². The third-order valence-electron chi connectivity index (χ3n) is 12.5. The van der Waals surface area contributed by atoms with E-state index in [1.54, 1.807) is 4.90 Å². The third-order valence-corrected chi connectivity index (χ3v) is 15.8. The van der Waals surface area contributed by atoms with Crippen molar-refractivity contribution in [1.29, 1.82) is 0 Å². The van der Waals surface area contributed by atoms with E-state index in [4.69, 9.17) is 0 Å². The van der Waals surface area contributed by atoms with Crippen LogP contribution in [0.4, 0.5) is 41.1 Å². The van der Waals surface area contributed by atoms with Gasteiger partial charge in [-0.2, -0.15) is 63.6 Å². The molecule has 6 rings (SSSR count). The fourth-order valence-corrected chi connectivity index (χ4v) is 11.1. The lowest BCUT2D eigenvalue weighted by molar-refractivity contribution is 0.222. The molecule has 2 aliphatic rings. The Balaban J connectivity index is 1.29. The van der Waals surface area contributed by atoms with E-state index in [1.165, 1.54) is 24.3 Å². The average molecular weight is 1120 g/mol. The number of aromatic nitrogens is 6. The van der Waals surface area contributed by atoms with Crippen molar-refractivity contribution in [1.82, 2.24) is 29.9 Å². The quantitative estimate of drug-likeness (QED) is 0.0287. The van der Waals surface area contributed by atoms with E-state index in [9.17, 15) is 72.3 Å². The van der Waals surface area contributed by atoms with Crippen LogP contribution in [0.5, 0.6) is 0 Å².